The number of H-pyrrole nitrogens is 1. The number of hydrogen-bond donors (Lipinski definition) is 2. The number of benzene rings is 1. The Morgan fingerprint density at radius 2 is 2.10 bits per heavy atom. The van der Waals surface area contributed by atoms with Crippen molar-refractivity contribution in [1.29, 1.82) is 0 Å². The first-order valence-corrected chi connectivity index (χ1v) is 6.56. The second-order valence-electron chi connectivity index (χ2n) is 3.98. The summed E-state index contributed by atoms with van der Waals surface area (Å²) >= 11 is 8.91. The number of hydrogen-bond acceptors (Lipinski definition) is 3. The Morgan fingerprint density at radius 1 is 1.40 bits per heavy atom. The molecule has 0 spiro atoms. The molecule has 8 heteroatoms. The molecule has 0 aliphatic heterocycles. The third kappa shape index (κ3) is 3.00. The van der Waals surface area contributed by atoms with Crippen LogP contribution in [0, 0.1) is 0 Å². The molecule has 0 amide bonds. The van der Waals surface area contributed by atoms with Gasteiger partial charge in [0.05, 0.1) is 12.1 Å². The van der Waals surface area contributed by atoms with Crippen LogP contribution >= 0.6 is 27.5 Å². The van der Waals surface area contributed by atoms with Crippen molar-refractivity contribution >= 4 is 33.5 Å². The molecule has 0 bridgehead atoms. The Balaban J connectivity index is 2.40. The fourth-order valence-corrected chi connectivity index (χ4v) is 2.26. The van der Waals surface area contributed by atoms with Crippen LogP contribution < -0.4 is 11.2 Å². The number of aromatic carboxylic acids is 1. The van der Waals surface area contributed by atoms with E-state index in [4.69, 9.17) is 16.7 Å². The van der Waals surface area contributed by atoms with Crippen LogP contribution in [0.3, 0.4) is 0 Å². The molecule has 0 unspecified atom stereocenters. The number of carboxylic acid groups (broad SMARTS) is 1. The van der Waals surface area contributed by atoms with E-state index in [0.29, 0.717) is 10.0 Å². The monoisotopic (exact) mass is 358 g/mol. The highest BCUT2D eigenvalue weighted by molar-refractivity contribution is 9.10. The number of carbonyl (C=O) groups is 1. The van der Waals surface area contributed by atoms with Crippen molar-refractivity contribution in [3.05, 3.63) is 65.9 Å². The number of aromatic nitrogens is 2. The Bertz CT molecular complexity index is 797. The van der Waals surface area contributed by atoms with Gasteiger partial charge in [-0.25, -0.2) is 9.59 Å². The van der Waals surface area contributed by atoms with Gasteiger partial charge in [-0.3, -0.25) is 14.3 Å². The highest BCUT2D eigenvalue weighted by atomic mass is 79.9. The van der Waals surface area contributed by atoms with Gasteiger partial charge in [0.15, 0.2) is 0 Å². The quantitative estimate of drug-likeness (QED) is 0.872. The molecule has 104 valence electrons. The third-order valence-corrected chi connectivity index (χ3v) is 3.62. The van der Waals surface area contributed by atoms with Crippen molar-refractivity contribution in [3.8, 4) is 0 Å². The molecular weight excluding hydrogens is 351 g/mol. The smallest absolute Gasteiger partial charge is 0.335 e. The molecule has 0 saturated heterocycles. The first-order valence-electron chi connectivity index (χ1n) is 5.39. The summed E-state index contributed by atoms with van der Waals surface area (Å²) in [6.07, 6.45) is 1.24. The van der Waals surface area contributed by atoms with E-state index in [-0.39, 0.29) is 17.1 Å². The van der Waals surface area contributed by atoms with Crippen LogP contribution in [0.5, 0.6) is 0 Å². The van der Waals surface area contributed by atoms with E-state index in [2.05, 4.69) is 20.9 Å². The summed E-state index contributed by atoms with van der Waals surface area (Å²) < 4.78 is 1.77. The molecule has 6 nitrogen and oxygen atoms in total. The van der Waals surface area contributed by atoms with Crippen LogP contribution in [0.4, 0.5) is 0 Å². The first-order chi connectivity index (χ1) is 9.38. The van der Waals surface area contributed by atoms with Gasteiger partial charge in [-0.1, -0.05) is 33.6 Å². The summed E-state index contributed by atoms with van der Waals surface area (Å²) in [5.41, 5.74) is -0.422. The van der Waals surface area contributed by atoms with Gasteiger partial charge in [-0.05, 0) is 17.7 Å². The van der Waals surface area contributed by atoms with Crippen LogP contribution in [-0.4, -0.2) is 20.6 Å². The van der Waals surface area contributed by atoms with E-state index in [9.17, 15) is 14.4 Å². The van der Waals surface area contributed by atoms with Crippen molar-refractivity contribution in [3.63, 3.8) is 0 Å². The number of rotatable bonds is 3. The highest BCUT2D eigenvalue weighted by Gasteiger charge is 2.09. The number of halogens is 2. The molecule has 0 aliphatic rings. The van der Waals surface area contributed by atoms with Crippen molar-refractivity contribution < 1.29 is 9.90 Å². The van der Waals surface area contributed by atoms with Crippen molar-refractivity contribution in [2.45, 2.75) is 6.54 Å². The standard InChI is InChI=1S/C12H8BrClN2O4/c13-8-3-6(11(18)19)1-2-7(8)4-16-5-9(14)10(17)15-12(16)20/h1-3,5H,4H2,(H,18,19)(H,15,17,20). The Labute approximate surface area is 125 Å². The van der Waals surface area contributed by atoms with E-state index < -0.39 is 17.2 Å². The minimum atomic E-state index is -1.04. The van der Waals surface area contributed by atoms with Crippen LogP contribution in [-0.2, 0) is 6.54 Å². The average molecular weight is 360 g/mol. The Hall–Kier alpha value is -1.86. The number of aromatic amines is 1. The summed E-state index contributed by atoms with van der Waals surface area (Å²) in [7, 11) is 0. The Morgan fingerprint density at radius 3 is 2.70 bits per heavy atom. The van der Waals surface area contributed by atoms with Gasteiger partial charge < -0.3 is 5.11 Å². The lowest BCUT2D eigenvalue weighted by atomic mass is 10.1. The molecule has 20 heavy (non-hydrogen) atoms. The maximum Gasteiger partial charge on any atom is 0.335 e. The molecule has 2 rings (SSSR count). The molecule has 2 N–H and O–H groups in total. The zero-order chi connectivity index (χ0) is 14.9. The molecule has 1 heterocycles. The average Bonchev–Trinajstić information content (AvgIpc) is 2.37. The predicted octanol–water partition coefficient (Wildman–Crippen LogP) is 1.70. The minimum absolute atomic E-state index is 0.0946. The fraction of sp³-hybridized carbons (Fsp3) is 0.0833. The highest BCUT2D eigenvalue weighted by Crippen LogP contribution is 2.19. The molecular formula is C12H8BrClN2O4. The summed E-state index contributed by atoms with van der Waals surface area (Å²) in [5.74, 6) is -1.04. The lowest BCUT2D eigenvalue weighted by Gasteiger charge is -2.08. The summed E-state index contributed by atoms with van der Waals surface area (Å²) in [5, 5.41) is 8.77. The van der Waals surface area contributed by atoms with Gasteiger partial charge in [0.1, 0.15) is 5.02 Å². The lowest BCUT2D eigenvalue weighted by Crippen LogP contribution is -2.30. The molecule has 0 radical (unpaired) electrons. The zero-order valence-electron chi connectivity index (χ0n) is 9.89. The van der Waals surface area contributed by atoms with Gasteiger partial charge in [0.2, 0.25) is 0 Å². The molecule has 2 aromatic rings. The fourth-order valence-electron chi connectivity index (χ4n) is 1.59. The van der Waals surface area contributed by atoms with Crippen LogP contribution in [0.1, 0.15) is 15.9 Å². The van der Waals surface area contributed by atoms with Gasteiger partial charge in [0, 0.05) is 10.7 Å². The van der Waals surface area contributed by atoms with Crippen molar-refractivity contribution in [2.75, 3.05) is 0 Å². The van der Waals surface area contributed by atoms with Crippen LogP contribution in [0.15, 0.2) is 38.5 Å². The van der Waals surface area contributed by atoms with Gasteiger partial charge in [-0.15, -0.1) is 0 Å². The maximum atomic E-state index is 11.6. The van der Waals surface area contributed by atoms with Crippen LogP contribution in [0.25, 0.3) is 0 Å². The summed E-state index contributed by atoms with van der Waals surface area (Å²) in [6.45, 7) is 0.149. The van der Waals surface area contributed by atoms with Gasteiger partial charge >= 0.3 is 11.7 Å². The van der Waals surface area contributed by atoms with Crippen LogP contribution in [0.2, 0.25) is 5.02 Å². The molecule has 1 aromatic carbocycles. The number of carboxylic acids is 1. The van der Waals surface area contributed by atoms with E-state index >= 15 is 0 Å². The Kier molecular flexibility index (Phi) is 4.10. The summed E-state index contributed by atoms with van der Waals surface area (Å²) in [6, 6.07) is 4.45. The van der Waals surface area contributed by atoms with E-state index in [1.165, 1.54) is 22.9 Å². The molecule has 0 fully saturated rings. The topological polar surface area (TPSA) is 92.2 Å². The molecule has 0 atom stereocenters. The van der Waals surface area contributed by atoms with E-state index in [0.717, 1.165) is 0 Å². The maximum absolute atomic E-state index is 11.6. The lowest BCUT2D eigenvalue weighted by molar-refractivity contribution is 0.0697. The largest absolute Gasteiger partial charge is 0.478 e. The molecule has 1 aromatic heterocycles. The minimum Gasteiger partial charge on any atom is -0.478 e. The SMILES string of the molecule is O=C(O)c1ccc(Cn2cc(Cl)c(=O)[nH]c2=O)c(Br)c1. The third-order valence-electron chi connectivity index (χ3n) is 2.61. The summed E-state index contributed by atoms with van der Waals surface area (Å²) in [4.78, 5) is 35.7. The van der Waals surface area contributed by atoms with E-state index in [1.54, 1.807) is 6.07 Å². The van der Waals surface area contributed by atoms with Gasteiger partial charge in [0.25, 0.3) is 5.56 Å². The van der Waals surface area contributed by atoms with Crippen molar-refractivity contribution in [2.24, 2.45) is 0 Å². The predicted molar refractivity (Wildman–Crippen MR) is 76.5 cm³/mol. The number of nitrogens with zero attached hydrogens (tertiary/aromatic N) is 1. The number of nitrogens with one attached hydrogen (secondary N) is 1. The van der Waals surface area contributed by atoms with E-state index in [1.807, 2.05) is 0 Å². The second kappa shape index (κ2) is 5.64. The normalized spacial score (nSPS) is 10.5. The zero-order valence-corrected chi connectivity index (χ0v) is 12.2. The second-order valence-corrected chi connectivity index (χ2v) is 5.24. The first kappa shape index (κ1) is 14.5. The molecule has 0 aliphatic carbocycles. The van der Waals surface area contributed by atoms with Crippen molar-refractivity contribution in [1.82, 2.24) is 9.55 Å². The van der Waals surface area contributed by atoms with Gasteiger partial charge in [-0.2, -0.15) is 0 Å². The molecule has 0 saturated carbocycles.